The molecule has 0 radical (unpaired) electrons. The van der Waals surface area contributed by atoms with E-state index in [1.54, 1.807) is 0 Å². The van der Waals surface area contributed by atoms with E-state index in [0.29, 0.717) is 28.6 Å². The maximum Gasteiger partial charge on any atom is 0.193 e. The van der Waals surface area contributed by atoms with E-state index in [-0.39, 0.29) is 5.78 Å². The second-order valence-corrected chi connectivity index (χ2v) is 19.5. The minimum atomic E-state index is -0.617. The third kappa shape index (κ3) is 5.20. The van der Waals surface area contributed by atoms with Crippen molar-refractivity contribution in [3.05, 3.63) is 285 Å². The van der Waals surface area contributed by atoms with Crippen molar-refractivity contribution in [2.45, 2.75) is 36.5 Å². The van der Waals surface area contributed by atoms with E-state index in [2.05, 4.69) is 176 Å². The molecule has 0 N–H and O–H groups in total. The normalized spacial score (nSPS) is 17.9. The Kier molecular flexibility index (Phi) is 8.27. The average Bonchev–Trinajstić information content (AvgIpc) is 4.11. The van der Waals surface area contributed by atoms with E-state index in [1.807, 2.05) is 36.4 Å². The largest absolute Gasteiger partial charge is 0.289 e. The predicted octanol–water partition coefficient (Wildman–Crippen LogP) is 14.8. The molecule has 6 aliphatic carbocycles. The van der Waals surface area contributed by atoms with Crippen LogP contribution >= 0.6 is 0 Å². The average molecular weight is 894 g/mol. The summed E-state index contributed by atoms with van der Waals surface area (Å²) in [6.45, 7) is 0. The molecule has 4 nitrogen and oxygen atoms in total. The minimum absolute atomic E-state index is 0.0271. The molecule has 0 saturated carbocycles. The number of benzene rings is 8. The highest BCUT2D eigenvalue weighted by Gasteiger charge is 2.55. The van der Waals surface area contributed by atoms with Gasteiger partial charge in [-0.05, 0) is 132 Å². The van der Waals surface area contributed by atoms with Crippen LogP contribution in [0.2, 0.25) is 0 Å². The Hall–Kier alpha value is -8.60. The molecule has 9 aromatic rings. The summed E-state index contributed by atoms with van der Waals surface area (Å²) >= 11 is 0. The lowest BCUT2D eigenvalue weighted by Crippen LogP contribution is -2.29. The second kappa shape index (κ2) is 14.7. The Bertz CT molecular complexity index is 3790. The molecule has 6 aliphatic rings. The number of fused-ring (bicyclic) bond motifs is 18. The molecule has 328 valence electrons. The lowest BCUT2D eigenvalue weighted by Gasteiger charge is -2.34. The first-order chi connectivity index (χ1) is 34.6. The number of hydrogen-bond donors (Lipinski definition) is 0. The van der Waals surface area contributed by atoms with Gasteiger partial charge in [0.05, 0.1) is 10.8 Å². The standard InChI is InChI=1S/C66H43N3O/c70-61(42-31-34-50-49-25-11-14-28-55(49)65(58(50)37-42)53-26-12-7-21-45(53)46-22-8-13-27-54(46)65)43-32-35-51-52-36-33-44(64-68-62(40-17-3-1-4-18-40)67-63(69-64)41-19-5-2-6-20-41)39-60(52)66(59(51)38-43)56-29-15-9-23-47(56)48-24-10-16-30-57(48)66/h1-9,11-23,25-32,34-35,37-39H,10,24,33,36H2. The van der Waals surface area contributed by atoms with E-state index in [0.717, 1.165) is 42.4 Å². The highest BCUT2D eigenvalue weighted by Crippen LogP contribution is 2.66. The zero-order valence-corrected chi connectivity index (χ0v) is 38.3. The molecule has 1 aromatic heterocycles. The summed E-state index contributed by atoms with van der Waals surface area (Å²) in [6.07, 6.45) is 10.7. The summed E-state index contributed by atoms with van der Waals surface area (Å²) in [4.78, 5) is 31.0. The molecule has 15 rings (SSSR count). The van der Waals surface area contributed by atoms with Crippen molar-refractivity contribution in [3.8, 4) is 45.0 Å². The van der Waals surface area contributed by atoms with Crippen molar-refractivity contribution in [3.63, 3.8) is 0 Å². The number of hydrogen-bond acceptors (Lipinski definition) is 4. The Labute approximate surface area is 406 Å². The number of ketones is 1. The van der Waals surface area contributed by atoms with Crippen LogP contribution in [0.3, 0.4) is 0 Å². The Morgan fingerprint density at radius 3 is 1.41 bits per heavy atom. The minimum Gasteiger partial charge on any atom is -0.289 e. The van der Waals surface area contributed by atoms with Gasteiger partial charge in [-0.3, -0.25) is 4.79 Å². The van der Waals surface area contributed by atoms with Crippen LogP contribution in [-0.2, 0) is 10.8 Å². The van der Waals surface area contributed by atoms with Gasteiger partial charge in [-0.1, -0.05) is 200 Å². The van der Waals surface area contributed by atoms with Gasteiger partial charge in [0.15, 0.2) is 23.3 Å². The van der Waals surface area contributed by atoms with Crippen LogP contribution in [-0.4, -0.2) is 20.7 Å². The summed E-state index contributed by atoms with van der Waals surface area (Å²) in [5.41, 5.74) is 23.4. The Balaban J connectivity index is 0.905. The quantitative estimate of drug-likeness (QED) is 0.162. The highest BCUT2D eigenvalue weighted by atomic mass is 16.1. The van der Waals surface area contributed by atoms with Gasteiger partial charge in [0.1, 0.15) is 0 Å². The lowest BCUT2D eigenvalue weighted by atomic mass is 9.67. The van der Waals surface area contributed by atoms with Crippen molar-refractivity contribution < 1.29 is 4.79 Å². The van der Waals surface area contributed by atoms with Crippen molar-refractivity contribution in [2.75, 3.05) is 0 Å². The van der Waals surface area contributed by atoms with Crippen molar-refractivity contribution in [1.29, 1.82) is 0 Å². The van der Waals surface area contributed by atoms with Crippen LogP contribution in [0, 0.1) is 0 Å². The fraction of sp³-hybridized carbons (Fsp3) is 0.0909. The highest BCUT2D eigenvalue weighted by molar-refractivity contribution is 6.11. The van der Waals surface area contributed by atoms with Crippen molar-refractivity contribution in [1.82, 2.24) is 15.0 Å². The van der Waals surface area contributed by atoms with Crippen LogP contribution in [0.1, 0.15) is 91.9 Å². The van der Waals surface area contributed by atoms with E-state index in [4.69, 9.17) is 15.0 Å². The first-order valence-electron chi connectivity index (χ1n) is 24.6. The summed E-state index contributed by atoms with van der Waals surface area (Å²) in [5, 5.41) is 0. The van der Waals surface area contributed by atoms with Crippen LogP contribution < -0.4 is 0 Å². The lowest BCUT2D eigenvalue weighted by molar-refractivity contribution is 0.103. The van der Waals surface area contributed by atoms with Crippen molar-refractivity contribution in [2.24, 2.45) is 0 Å². The fourth-order valence-corrected chi connectivity index (χ4v) is 13.4. The summed E-state index contributed by atoms with van der Waals surface area (Å²) in [7, 11) is 0. The van der Waals surface area contributed by atoms with Gasteiger partial charge in [-0.25, -0.2) is 15.0 Å². The topological polar surface area (TPSA) is 55.7 Å². The van der Waals surface area contributed by atoms with Crippen LogP contribution in [0.4, 0.5) is 0 Å². The molecular formula is C66H43N3O. The molecule has 0 aliphatic heterocycles. The first-order valence-corrected chi connectivity index (χ1v) is 24.6. The predicted molar refractivity (Wildman–Crippen MR) is 280 cm³/mol. The van der Waals surface area contributed by atoms with Gasteiger partial charge in [-0.15, -0.1) is 0 Å². The molecule has 1 atom stereocenters. The smallest absolute Gasteiger partial charge is 0.193 e. The molecule has 2 spiro atoms. The summed E-state index contributed by atoms with van der Waals surface area (Å²) < 4.78 is 0. The number of allylic oxidation sites excluding steroid dienone is 8. The van der Waals surface area contributed by atoms with Gasteiger partial charge >= 0.3 is 0 Å². The number of rotatable bonds is 5. The van der Waals surface area contributed by atoms with Gasteiger partial charge < -0.3 is 0 Å². The van der Waals surface area contributed by atoms with E-state index < -0.39 is 10.8 Å². The Morgan fingerprint density at radius 2 is 0.829 bits per heavy atom. The molecule has 4 heteroatoms. The summed E-state index contributed by atoms with van der Waals surface area (Å²) in [5.74, 6) is 2.04. The van der Waals surface area contributed by atoms with Crippen LogP contribution in [0.5, 0.6) is 0 Å². The molecule has 1 unspecified atom stereocenters. The van der Waals surface area contributed by atoms with Gasteiger partial charge in [-0.2, -0.15) is 0 Å². The number of carbonyl (C=O) groups excluding carboxylic acids is 1. The zero-order valence-electron chi connectivity index (χ0n) is 38.3. The van der Waals surface area contributed by atoms with Gasteiger partial charge in [0, 0.05) is 22.3 Å². The molecule has 0 fully saturated rings. The molecule has 70 heavy (non-hydrogen) atoms. The molecule has 0 bridgehead atoms. The molecule has 0 saturated heterocycles. The molecule has 8 aromatic carbocycles. The van der Waals surface area contributed by atoms with Crippen molar-refractivity contribution >= 4 is 22.5 Å². The second-order valence-electron chi connectivity index (χ2n) is 19.5. The fourth-order valence-electron chi connectivity index (χ4n) is 13.4. The maximum absolute atomic E-state index is 15.5. The van der Waals surface area contributed by atoms with E-state index >= 15 is 4.79 Å². The number of aromatic nitrogens is 3. The number of nitrogens with zero attached hydrogens (tertiary/aromatic N) is 3. The maximum atomic E-state index is 15.5. The first kappa shape index (κ1) is 39.4. The molecule has 0 amide bonds. The van der Waals surface area contributed by atoms with Crippen LogP contribution in [0.25, 0.3) is 61.7 Å². The van der Waals surface area contributed by atoms with E-state index in [9.17, 15) is 0 Å². The Morgan fingerprint density at radius 1 is 0.386 bits per heavy atom. The van der Waals surface area contributed by atoms with Gasteiger partial charge in [0.25, 0.3) is 0 Å². The third-order valence-electron chi connectivity index (χ3n) is 16.2. The molecular weight excluding hydrogens is 851 g/mol. The zero-order chi connectivity index (χ0) is 46.1. The van der Waals surface area contributed by atoms with Gasteiger partial charge in [0.2, 0.25) is 0 Å². The van der Waals surface area contributed by atoms with E-state index in [1.165, 1.54) is 89.1 Å². The number of carbonyl (C=O) groups is 1. The SMILES string of the molecule is O=C(c1ccc2c(c1)C1(C3=C(CCC=C3)c3ccccc31)C1=C2CCC(c2nc(-c3ccccc3)nc(-c3ccccc3)n2)=C1)c1ccc2c(c1)C1(c3ccccc3-c3ccccc31)c1ccccc1-2. The monoisotopic (exact) mass is 893 g/mol. The third-order valence-corrected chi connectivity index (χ3v) is 16.2. The van der Waals surface area contributed by atoms with Crippen LogP contribution in [0.15, 0.2) is 223 Å². The summed E-state index contributed by atoms with van der Waals surface area (Å²) in [6, 6.07) is 69.0. The molecule has 1 heterocycles.